The summed E-state index contributed by atoms with van der Waals surface area (Å²) in [5, 5.41) is 17.1. The van der Waals surface area contributed by atoms with Gasteiger partial charge in [0.25, 0.3) is 0 Å². The lowest BCUT2D eigenvalue weighted by Gasteiger charge is -2.37. The van der Waals surface area contributed by atoms with Gasteiger partial charge in [-0.3, -0.25) is 9.88 Å². The number of likely N-dealkylation sites (tertiary alicyclic amines) is 1. The van der Waals surface area contributed by atoms with Crippen LogP contribution in [-0.2, 0) is 6.42 Å². The van der Waals surface area contributed by atoms with Crippen molar-refractivity contribution in [3.8, 4) is 11.4 Å². The summed E-state index contributed by atoms with van der Waals surface area (Å²) in [5.41, 5.74) is 1.76. The average molecular weight is 317 g/mol. The Morgan fingerprint density at radius 3 is 3.00 bits per heavy atom. The van der Waals surface area contributed by atoms with Gasteiger partial charge in [0.1, 0.15) is 12.4 Å². The van der Waals surface area contributed by atoms with Crippen molar-refractivity contribution in [2.45, 2.75) is 31.7 Å². The monoisotopic (exact) mass is 317 g/mol. The lowest BCUT2D eigenvalue weighted by atomic mass is 10.1. The van der Waals surface area contributed by atoms with Gasteiger partial charge in [-0.25, -0.2) is 4.68 Å². The van der Waals surface area contributed by atoms with Gasteiger partial charge in [0, 0.05) is 18.7 Å². The number of ether oxygens (including phenoxy) is 1. The number of aliphatic hydroxyl groups excluding tert-OH is 1. The molecule has 0 unspecified atom stereocenters. The Morgan fingerprint density at radius 1 is 1.35 bits per heavy atom. The van der Waals surface area contributed by atoms with E-state index in [4.69, 9.17) is 9.84 Å². The normalized spacial score (nSPS) is 17.9. The number of aliphatic hydroxyl groups is 1. The van der Waals surface area contributed by atoms with E-state index >= 15 is 0 Å². The van der Waals surface area contributed by atoms with E-state index in [-0.39, 0.29) is 6.61 Å². The Bertz CT molecular complexity index is 630. The Labute approximate surface area is 135 Å². The number of rotatable bonds is 8. The first-order valence-corrected chi connectivity index (χ1v) is 8.07. The Morgan fingerprint density at radius 2 is 2.26 bits per heavy atom. The quantitative estimate of drug-likeness (QED) is 0.734. The molecule has 7 heteroatoms. The molecule has 0 radical (unpaired) electrons. The lowest BCUT2D eigenvalue weighted by Crippen LogP contribution is -2.48. The number of likely N-dealkylation sites (N-methyl/N-ethyl adjacent to an activating group) is 1. The zero-order chi connectivity index (χ0) is 16.1. The molecule has 1 aliphatic rings. The van der Waals surface area contributed by atoms with E-state index in [1.54, 1.807) is 17.1 Å². The van der Waals surface area contributed by atoms with Crippen molar-refractivity contribution in [3.05, 3.63) is 30.4 Å². The molecule has 0 aromatic carbocycles. The van der Waals surface area contributed by atoms with Crippen LogP contribution in [0.25, 0.3) is 5.69 Å². The Hall–Kier alpha value is -1.99. The number of nitrogens with zero attached hydrogens (tertiary/aromatic N) is 5. The molecule has 3 heterocycles. The molecule has 0 amide bonds. The molecule has 1 atom stereocenters. The summed E-state index contributed by atoms with van der Waals surface area (Å²) in [6.45, 7) is 2.04. The minimum absolute atomic E-state index is 0.216. The lowest BCUT2D eigenvalue weighted by molar-refractivity contribution is 0.0767. The number of hydrogen-bond acceptors (Lipinski definition) is 6. The van der Waals surface area contributed by atoms with Crippen LogP contribution in [0.3, 0.4) is 0 Å². The van der Waals surface area contributed by atoms with Gasteiger partial charge in [0.2, 0.25) is 0 Å². The molecular formula is C16H23N5O2. The smallest absolute Gasteiger partial charge is 0.139 e. The molecule has 0 aliphatic carbocycles. The summed E-state index contributed by atoms with van der Waals surface area (Å²) in [7, 11) is 2.11. The Kier molecular flexibility index (Phi) is 5.19. The molecule has 1 saturated heterocycles. The summed E-state index contributed by atoms with van der Waals surface area (Å²) >= 11 is 0. The van der Waals surface area contributed by atoms with Crippen molar-refractivity contribution < 1.29 is 9.84 Å². The van der Waals surface area contributed by atoms with Crippen molar-refractivity contribution in [3.63, 3.8) is 0 Å². The minimum atomic E-state index is 0.216. The number of aryl methyl sites for hydroxylation is 1. The fraction of sp³-hybridized carbons (Fsp3) is 0.562. The number of unbranched alkanes of at least 4 members (excludes halogenated alkanes) is 1. The second-order valence-corrected chi connectivity index (χ2v) is 5.95. The highest BCUT2D eigenvalue weighted by molar-refractivity contribution is 5.34. The van der Waals surface area contributed by atoms with E-state index in [1.165, 1.54) is 6.42 Å². The second kappa shape index (κ2) is 7.52. The zero-order valence-electron chi connectivity index (χ0n) is 13.4. The maximum atomic E-state index is 8.82. The van der Waals surface area contributed by atoms with Crippen molar-refractivity contribution in [2.75, 3.05) is 26.8 Å². The highest BCUT2D eigenvalue weighted by Crippen LogP contribution is 2.19. The molecule has 3 rings (SSSR count). The van der Waals surface area contributed by atoms with Crippen LogP contribution in [0.4, 0.5) is 0 Å². The van der Waals surface area contributed by atoms with Gasteiger partial charge in [0.15, 0.2) is 0 Å². The average Bonchev–Trinajstić information content (AvgIpc) is 3.03. The third-order valence-electron chi connectivity index (χ3n) is 4.23. The molecule has 23 heavy (non-hydrogen) atoms. The van der Waals surface area contributed by atoms with Gasteiger partial charge in [0.05, 0.1) is 30.0 Å². The first-order valence-electron chi connectivity index (χ1n) is 8.07. The Balaban J connectivity index is 1.60. The van der Waals surface area contributed by atoms with Crippen LogP contribution in [0.2, 0.25) is 0 Å². The predicted molar refractivity (Wildman–Crippen MR) is 85.7 cm³/mol. The minimum Gasteiger partial charge on any atom is -0.490 e. The van der Waals surface area contributed by atoms with E-state index in [0.717, 1.165) is 42.9 Å². The largest absolute Gasteiger partial charge is 0.490 e. The molecule has 1 fully saturated rings. The van der Waals surface area contributed by atoms with E-state index < -0.39 is 0 Å². The summed E-state index contributed by atoms with van der Waals surface area (Å²) in [4.78, 5) is 6.51. The van der Waals surface area contributed by atoms with Crippen LogP contribution in [0.1, 0.15) is 25.0 Å². The first-order chi connectivity index (χ1) is 11.3. The summed E-state index contributed by atoms with van der Waals surface area (Å²) in [6, 6.07) is 2.43. The number of pyridine rings is 1. The maximum absolute atomic E-state index is 8.82. The fourth-order valence-electron chi connectivity index (χ4n) is 2.54. The zero-order valence-corrected chi connectivity index (χ0v) is 13.4. The van der Waals surface area contributed by atoms with Crippen LogP contribution in [0.5, 0.6) is 5.75 Å². The highest BCUT2D eigenvalue weighted by atomic mass is 16.5. The van der Waals surface area contributed by atoms with Crippen molar-refractivity contribution in [1.82, 2.24) is 24.9 Å². The third-order valence-corrected chi connectivity index (χ3v) is 4.23. The van der Waals surface area contributed by atoms with Gasteiger partial charge >= 0.3 is 0 Å². The van der Waals surface area contributed by atoms with Crippen molar-refractivity contribution in [1.29, 1.82) is 0 Å². The maximum Gasteiger partial charge on any atom is 0.139 e. The van der Waals surface area contributed by atoms with Crippen LogP contribution < -0.4 is 4.74 Å². The van der Waals surface area contributed by atoms with E-state index in [9.17, 15) is 0 Å². The van der Waals surface area contributed by atoms with Gasteiger partial charge in [-0.05, 0) is 39.3 Å². The molecule has 124 valence electrons. The highest BCUT2D eigenvalue weighted by Gasteiger charge is 2.24. The number of aromatic nitrogens is 4. The first kappa shape index (κ1) is 15.9. The summed E-state index contributed by atoms with van der Waals surface area (Å²) < 4.78 is 7.55. The number of hydrogen-bond donors (Lipinski definition) is 1. The van der Waals surface area contributed by atoms with Gasteiger partial charge in [-0.2, -0.15) is 0 Å². The van der Waals surface area contributed by atoms with Crippen LogP contribution >= 0.6 is 0 Å². The molecule has 0 saturated carbocycles. The van der Waals surface area contributed by atoms with Gasteiger partial charge < -0.3 is 9.84 Å². The molecule has 2 aromatic rings. The summed E-state index contributed by atoms with van der Waals surface area (Å²) in [5.74, 6) is 0.750. The van der Waals surface area contributed by atoms with E-state index in [2.05, 4.69) is 27.2 Å². The van der Waals surface area contributed by atoms with E-state index in [0.29, 0.717) is 12.6 Å². The predicted octanol–water partition coefficient (Wildman–Crippen LogP) is 1.06. The van der Waals surface area contributed by atoms with Crippen molar-refractivity contribution >= 4 is 0 Å². The van der Waals surface area contributed by atoms with Gasteiger partial charge in [-0.1, -0.05) is 5.21 Å². The molecule has 0 spiro atoms. The second-order valence-electron chi connectivity index (χ2n) is 5.95. The van der Waals surface area contributed by atoms with E-state index in [1.807, 2.05) is 12.3 Å². The van der Waals surface area contributed by atoms with Crippen LogP contribution in [0, 0.1) is 0 Å². The molecule has 0 bridgehead atoms. The molecule has 7 nitrogen and oxygen atoms in total. The van der Waals surface area contributed by atoms with Gasteiger partial charge in [-0.15, -0.1) is 5.10 Å². The molecule has 1 aliphatic heterocycles. The van der Waals surface area contributed by atoms with Crippen molar-refractivity contribution in [2.24, 2.45) is 0 Å². The standard InChI is InChI=1S/C16H23N5O2/c1-20-6-5-14(20)12-23-16-8-15(9-17-10-16)21-11-13(18-19-21)4-2-3-7-22/h8-11,14,22H,2-7,12H2,1H3/t14-/m0/s1. The molecular weight excluding hydrogens is 294 g/mol. The third kappa shape index (κ3) is 4.05. The fourth-order valence-corrected chi connectivity index (χ4v) is 2.54. The topological polar surface area (TPSA) is 76.3 Å². The molecule has 1 N–H and O–H groups in total. The summed E-state index contributed by atoms with van der Waals surface area (Å²) in [6.07, 6.45) is 9.06. The van der Waals surface area contributed by atoms with Crippen LogP contribution in [-0.4, -0.2) is 62.8 Å². The SMILES string of the molecule is CN1CC[C@H]1COc1cncc(-n2cc(CCCCO)nn2)c1. The molecule has 2 aromatic heterocycles. The van der Waals surface area contributed by atoms with Crippen LogP contribution in [0.15, 0.2) is 24.7 Å².